The third-order valence-corrected chi connectivity index (χ3v) is 3.78. The fourth-order valence-electron chi connectivity index (χ4n) is 2.57. The Balaban J connectivity index is 1.98. The summed E-state index contributed by atoms with van der Waals surface area (Å²) < 4.78 is 0. The molecule has 6 heteroatoms. The van der Waals surface area contributed by atoms with E-state index < -0.39 is 0 Å². The molecule has 25 heavy (non-hydrogen) atoms. The Bertz CT molecular complexity index is 731. The summed E-state index contributed by atoms with van der Waals surface area (Å²) >= 11 is 0. The van der Waals surface area contributed by atoms with Crippen LogP contribution in [-0.2, 0) is 11.3 Å². The molecule has 0 spiro atoms. The lowest BCUT2D eigenvalue weighted by atomic mass is 10.1. The van der Waals surface area contributed by atoms with E-state index in [0.717, 1.165) is 11.1 Å². The number of amides is 2. The number of aromatic nitrogens is 1. The zero-order valence-corrected chi connectivity index (χ0v) is 14.9. The maximum Gasteiger partial charge on any atom is 0.251 e. The van der Waals surface area contributed by atoms with Crippen molar-refractivity contribution in [2.75, 3.05) is 25.5 Å². The summed E-state index contributed by atoms with van der Waals surface area (Å²) in [5.41, 5.74) is 3.04. The Kier molecular flexibility index (Phi) is 6.65. The molecule has 2 rings (SSSR count). The first-order chi connectivity index (χ1) is 12.0. The van der Waals surface area contributed by atoms with Crippen LogP contribution in [0.1, 0.15) is 28.4 Å². The van der Waals surface area contributed by atoms with Crippen LogP contribution in [0.5, 0.6) is 0 Å². The molecule has 2 N–H and O–H groups in total. The molecule has 0 bridgehead atoms. The molecule has 0 unspecified atom stereocenters. The van der Waals surface area contributed by atoms with E-state index in [4.69, 9.17) is 0 Å². The van der Waals surface area contributed by atoms with E-state index in [-0.39, 0.29) is 18.4 Å². The Morgan fingerprint density at radius 3 is 2.68 bits per heavy atom. The van der Waals surface area contributed by atoms with Crippen molar-refractivity contribution in [1.29, 1.82) is 0 Å². The molecule has 0 saturated carbocycles. The number of nitrogens with one attached hydrogen (secondary N) is 2. The van der Waals surface area contributed by atoms with E-state index in [0.29, 0.717) is 24.3 Å². The summed E-state index contributed by atoms with van der Waals surface area (Å²) in [5.74, 6) is -0.257. The molecule has 1 aromatic carbocycles. The third-order valence-electron chi connectivity index (χ3n) is 3.78. The van der Waals surface area contributed by atoms with E-state index in [1.165, 1.54) is 0 Å². The lowest BCUT2D eigenvalue weighted by Crippen LogP contribution is -2.30. The molecule has 0 aliphatic carbocycles. The minimum Gasteiger partial charge on any atom is -0.352 e. The van der Waals surface area contributed by atoms with Crippen LogP contribution in [0.25, 0.3) is 0 Å². The maximum atomic E-state index is 12.3. The highest BCUT2D eigenvalue weighted by Crippen LogP contribution is 2.19. The van der Waals surface area contributed by atoms with Crippen LogP contribution in [0, 0.1) is 6.92 Å². The first-order valence-electron chi connectivity index (χ1n) is 8.26. The molecule has 2 amide bonds. The van der Waals surface area contributed by atoms with E-state index >= 15 is 0 Å². The minimum atomic E-state index is -0.134. The van der Waals surface area contributed by atoms with Crippen LogP contribution < -0.4 is 10.6 Å². The van der Waals surface area contributed by atoms with Gasteiger partial charge in [-0.3, -0.25) is 19.5 Å². The summed E-state index contributed by atoms with van der Waals surface area (Å²) in [6.45, 7) is 5.16. The Hall–Kier alpha value is -2.73. The average molecular weight is 340 g/mol. The standard InChI is InChI=1S/C19H24N4O2/c1-4-21-19(25)16-8-5-9-17(14(16)2)22-18(24)13-23(3)12-15-7-6-10-20-11-15/h5-11H,4,12-13H2,1-3H3,(H,21,25)(H,22,24). The number of carbonyl (C=O) groups is 2. The van der Waals surface area contributed by atoms with E-state index in [9.17, 15) is 9.59 Å². The van der Waals surface area contributed by atoms with Gasteiger partial charge in [-0.05, 0) is 50.2 Å². The second kappa shape index (κ2) is 8.94. The molecule has 0 aliphatic rings. The largest absolute Gasteiger partial charge is 0.352 e. The lowest BCUT2D eigenvalue weighted by Gasteiger charge is -2.17. The smallest absolute Gasteiger partial charge is 0.251 e. The Labute approximate surface area is 148 Å². The SMILES string of the molecule is CCNC(=O)c1cccc(NC(=O)CN(C)Cc2cccnc2)c1C. The van der Waals surface area contributed by atoms with Gasteiger partial charge in [-0.1, -0.05) is 12.1 Å². The summed E-state index contributed by atoms with van der Waals surface area (Å²) in [5, 5.41) is 5.66. The number of hydrogen-bond acceptors (Lipinski definition) is 4. The molecule has 0 fully saturated rings. The minimum absolute atomic E-state index is 0.123. The predicted molar refractivity (Wildman–Crippen MR) is 98.4 cm³/mol. The second-order valence-corrected chi connectivity index (χ2v) is 5.92. The maximum absolute atomic E-state index is 12.3. The van der Waals surface area contributed by atoms with Crippen LogP contribution in [0.4, 0.5) is 5.69 Å². The van der Waals surface area contributed by atoms with Crippen molar-refractivity contribution in [2.24, 2.45) is 0 Å². The van der Waals surface area contributed by atoms with Crippen LogP contribution in [0.15, 0.2) is 42.7 Å². The van der Waals surface area contributed by atoms with Gasteiger partial charge in [0.05, 0.1) is 6.54 Å². The van der Waals surface area contributed by atoms with Crippen molar-refractivity contribution in [3.05, 3.63) is 59.4 Å². The molecule has 1 heterocycles. The van der Waals surface area contributed by atoms with Crippen LogP contribution in [0.3, 0.4) is 0 Å². The van der Waals surface area contributed by atoms with Crippen molar-refractivity contribution < 1.29 is 9.59 Å². The van der Waals surface area contributed by atoms with Crippen LogP contribution in [-0.4, -0.2) is 41.8 Å². The summed E-state index contributed by atoms with van der Waals surface area (Å²) in [7, 11) is 1.88. The highest BCUT2D eigenvalue weighted by atomic mass is 16.2. The second-order valence-electron chi connectivity index (χ2n) is 5.92. The third kappa shape index (κ3) is 5.39. The van der Waals surface area contributed by atoms with Crippen LogP contribution in [0.2, 0.25) is 0 Å². The predicted octanol–water partition coefficient (Wildman–Crippen LogP) is 2.21. The lowest BCUT2D eigenvalue weighted by molar-refractivity contribution is -0.117. The number of benzene rings is 1. The Morgan fingerprint density at radius 2 is 2.00 bits per heavy atom. The first-order valence-corrected chi connectivity index (χ1v) is 8.26. The number of anilines is 1. The molecule has 0 saturated heterocycles. The van der Waals surface area contributed by atoms with Gasteiger partial charge < -0.3 is 10.6 Å². The van der Waals surface area contributed by atoms with E-state index in [1.807, 2.05) is 37.9 Å². The molecular formula is C19H24N4O2. The fourth-order valence-corrected chi connectivity index (χ4v) is 2.57. The monoisotopic (exact) mass is 340 g/mol. The molecule has 0 aliphatic heterocycles. The molecule has 1 aromatic heterocycles. The van der Waals surface area contributed by atoms with Gasteiger partial charge in [-0.15, -0.1) is 0 Å². The number of nitrogens with zero attached hydrogens (tertiary/aromatic N) is 2. The zero-order valence-electron chi connectivity index (χ0n) is 14.9. The number of rotatable bonds is 7. The highest BCUT2D eigenvalue weighted by molar-refractivity contribution is 5.99. The fraction of sp³-hybridized carbons (Fsp3) is 0.316. The number of carbonyl (C=O) groups excluding carboxylic acids is 2. The normalized spacial score (nSPS) is 10.6. The van der Waals surface area contributed by atoms with E-state index in [2.05, 4.69) is 15.6 Å². The molecule has 6 nitrogen and oxygen atoms in total. The van der Waals surface area contributed by atoms with Gasteiger partial charge in [0.2, 0.25) is 5.91 Å². The number of likely N-dealkylation sites (N-methyl/N-ethyl adjacent to an activating group) is 1. The van der Waals surface area contributed by atoms with Gasteiger partial charge in [0, 0.05) is 36.7 Å². The van der Waals surface area contributed by atoms with Crippen molar-refractivity contribution in [1.82, 2.24) is 15.2 Å². The summed E-state index contributed by atoms with van der Waals surface area (Å²) in [6.07, 6.45) is 3.51. The molecule has 0 atom stereocenters. The van der Waals surface area contributed by atoms with Crippen molar-refractivity contribution >= 4 is 17.5 Å². The van der Waals surface area contributed by atoms with Gasteiger partial charge in [-0.25, -0.2) is 0 Å². The highest BCUT2D eigenvalue weighted by Gasteiger charge is 2.13. The molecule has 0 radical (unpaired) electrons. The average Bonchev–Trinajstić information content (AvgIpc) is 2.57. The van der Waals surface area contributed by atoms with Crippen molar-refractivity contribution in [3.63, 3.8) is 0 Å². The zero-order chi connectivity index (χ0) is 18.2. The van der Waals surface area contributed by atoms with Crippen LogP contribution >= 0.6 is 0 Å². The molecule has 2 aromatic rings. The van der Waals surface area contributed by atoms with Crippen molar-refractivity contribution in [2.45, 2.75) is 20.4 Å². The first kappa shape index (κ1) is 18.6. The van der Waals surface area contributed by atoms with Gasteiger partial charge >= 0.3 is 0 Å². The molecule has 132 valence electrons. The van der Waals surface area contributed by atoms with Crippen molar-refractivity contribution in [3.8, 4) is 0 Å². The number of pyridine rings is 1. The Morgan fingerprint density at radius 1 is 1.20 bits per heavy atom. The van der Waals surface area contributed by atoms with Gasteiger partial charge in [0.15, 0.2) is 0 Å². The quantitative estimate of drug-likeness (QED) is 0.810. The number of hydrogen-bond donors (Lipinski definition) is 2. The molecular weight excluding hydrogens is 316 g/mol. The summed E-state index contributed by atoms with van der Waals surface area (Å²) in [4.78, 5) is 30.3. The van der Waals surface area contributed by atoms with Gasteiger partial charge in [0.25, 0.3) is 5.91 Å². The van der Waals surface area contributed by atoms with Gasteiger partial charge in [-0.2, -0.15) is 0 Å². The van der Waals surface area contributed by atoms with Gasteiger partial charge in [0.1, 0.15) is 0 Å². The summed E-state index contributed by atoms with van der Waals surface area (Å²) in [6, 6.07) is 9.18. The topological polar surface area (TPSA) is 74.3 Å². The van der Waals surface area contributed by atoms with E-state index in [1.54, 1.807) is 30.6 Å².